The van der Waals surface area contributed by atoms with Gasteiger partial charge in [-0.05, 0) is 37.5 Å². The van der Waals surface area contributed by atoms with E-state index in [9.17, 15) is 9.59 Å². The fourth-order valence-electron chi connectivity index (χ4n) is 3.10. The zero-order valence-electron chi connectivity index (χ0n) is 16.8. The normalized spacial score (nSPS) is 15.5. The van der Waals surface area contributed by atoms with E-state index in [0.29, 0.717) is 28.7 Å². The zero-order valence-corrected chi connectivity index (χ0v) is 16.8. The largest absolute Gasteiger partial charge is 0.513 e. The van der Waals surface area contributed by atoms with Gasteiger partial charge < -0.3 is 29.0 Å². The summed E-state index contributed by atoms with van der Waals surface area (Å²) in [7, 11) is 4.03. The highest BCUT2D eigenvalue weighted by Crippen LogP contribution is 2.41. The van der Waals surface area contributed by atoms with Gasteiger partial charge in [0, 0.05) is 0 Å². The van der Waals surface area contributed by atoms with Crippen LogP contribution in [0.15, 0.2) is 47.2 Å². The lowest BCUT2D eigenvalue weighted by atomic mass is 9.82. The number of methoxy groups -OCH3 is 3. The van der Waals surface area contributed by atoms with Gasteiger partial charge in [-0.15, -0.1) is 0 Å². The highest BCUT2D eigenvalue weighted by atomic mass is 16.7. The van der Waals surface area contributed by atoms with E-state index >= 15 is 0 Å². The molecule has 8 nitrogen and oxygen atoms in total. The van der Waals surface area contributed by atoms with E-state index in [1.165, 1.54) is 14.2 Å². The van der Waals surface area contributed by atoms with Crippen molar-refractivity contribution < 1.29 is 33.3 Å². The average Bonchev–Trinajstić information content (AvgIpc) is 2.70. The summed E-state index contributed by atoms with van der Waals surface area (Å²) in [6.45, 7) is 5.47. The maximum Gasteiger partial charge on any atom is 0.513 e. The van der Waals surface area contributed by atoms with Crippen LogP contribution in [0.1, 0.15) is 32.3 Å². The first-order valence-corrected chi connectivity index (χ1v) is 8.66. The molecule has 1 heterocycles. The summed E-state index contributed by atoms with van der Waals surface area (Å²) in [5.41, 5.74) is 2.13. The second kappa shape index (κ2) is 9.16. The molecule has 1 aromatic carbocycles. The monoisotopic (exact) mass is 391 g/mol. The van der Waals surface area contributed by atoms with Crippen molar-refractivity contribution in [3.63, 3.8) is 0 Å². The van der Waals surface area contributed by atoms with Crippen molar-refractivity contribution in [1.82, 2.24) is 5.32 Å². The number of carbonyl (C=O) groups is 2. The molecule has 1 aliphatic heterocycles. The Morgan fingerprint density at radius 3 is 1.96 bits per heavy atom. The molecule has 1 N–H and O–H groups in total. The van der Waals surface area contributed by atoms with Crippen LogP contribution in [0, 0.1) is 5.92 Å². The lowest BCUT2D eigenvalue weighted by Crippen LogP contribution is -2.32. The third kappa shape index (κ3) is 4.57. The van der Waals surface area contributed by atoms with Crippen LogP contribution in [-0.4, -0.2) is 33.6 Å². The fraction of sp³-hybridized carbons (Fsp3) is 0.400. The van der Waals surface area contributed by atoms with Gasteiger partial charge >= 0.3 is 12.3 Å². The Balaban J connectivity index is 2.53. The molecule has 1 aromatic rings. The number of hydrogen-bond donors (Lipinski definition) is 1. The number of ether oxygens (including phenoxy) is 5. The first-order valence-electron chi connectivity index (χ1n) is 8.66. The maximum absolute atomic E-state index is 11.8. The zero-order chi connectivity index (χ0) is 20.8. The molecule has 1 atom stereocenters. The summed E-state index contributed by atoms with van der Waals surface area (Å²) in [5.74, 6) is 0.469. The molecule has 28 heavy (non-hydrogen) atoms. The van der Waals surface area contributed by atoms with Crippen molar-refractivity contribution in [1.29, 1.82) is 0 Å². The van der Waals surface area contributed by atoms with E-state index in [1.807, 2.05) is 31.2 Å². The highest BCUT2D eigenvalue weighted by Gasteiger charge is 2.38. The molecule has 0 saturated heterocycles. The molecule has 1 aliphatic rings. The van der Waals surface area contributed by atoms with Gasteiger partial charge in [-0.3, -0.25) is 0 Å². The molecule has 152 valence electrons. The number of hydrogen-bond acceptors (Lipinski definition) is 8. The average molecular weight is 391 g/mol. The Labute approximate surface area is 164 Å². The summed E-state index contributed by atoms with van der Waals surface area (Å²) in [5, 5.41) is 3.07. The van der Waals surface area contributed by atoms with Gasteiger partial charge in [-0.25, -0.2) is 9.59 Å². The SMILES string of the molecule is COC(=O)OC1=C(C)NC(C)=C(OC(=O)OC)C1C(C)c1cccc(OC)c1. The minimum Gasteiger partial charge on any atom is -0.497 e. The molecule has 0 aliphatic carbocycles. The van der Waals surface area contributed by atoms with E-state index < -0.39 is 18.2 Å². The summed E-state index contributed by atoms with van der Waals surface area (Å²) in [6.07, 6.45) is -1.73. The molecular formula is C20H25NO7. The number of allylic oxidation sites excluding steroid dienone is 2. The Morgan fingerprint density at radius 2 is 1.50 bits per heavy atom. The predicted molar refractivity (Wildman–Crippen MR) is 100 cm³/mol. The number of benzene rings is 1. The van der Waals surface area contributed by atoms with Gasteiger partial charge in [-0.1, -0.05) is 19.1 Å². The van der Waals surface area contributed by atoms with E-state index in [2.05, 4.69) is 14.8 Å². The van der Waals surface area contributed by atoms with Gasteiger partial charge in [-0.2, -0.15) is 0 Å². The van der Waals surface area contributed by atoms with Gasteiger partial charge in [0.25, 0.3) is 0 Å². The summed E-state index contributed by atoms with van der Waals surface area (Å²) in [6, 6.07) is 7.49. The van der Waals surface area contributed by atoms with E-state index in [-0.39, 0.29) is 5.92 Å². The minimum absolute atomic E-state index is 0.235. The summed E-state index contributed by atoms with van der Waals surface area (Å²) < 4.78 is 25.4. The van der Waals surface area contributed by atoms with E-state index in [4.69, 9.17) is 14.2 Å². The van der Waals surface area contributed by atoms with Crippen LogP contribution in [0.25, 0.3) is 0 Å². The van der Waals surface area contributed by atoms with Crippen molar-refractivity contribution in [3.8, 4) is 5.75 Å². The molecule has 0 radical (unpaired) electrons. The molecule has 1 unspecified atom stereocenters. The molecule has 0 spiro atoms. The fourth-order valence-corrected chi connectivity index (χ4v) is 3.10. The number of rotatable bonds is 5. The highest BCUT2D eigenvalue weighted by molar-refractivity contribution is 5.64. The van der Waals surface area contributed by atoms with Crippen molar-refractivity contribution in [2.24, 2.45) is 5.92 Å². The Bertz CT molecular complexity index is 773. The third-order valence-corrected chi connectivity index (χ3v) is 4.52. The van der Waals surface area contributed by atoms with Gasteiger partial charge in [0.15, 0.2) is 0 Å². The minimum atomic E-state index is -0.865. The van der Waals surface area contributed by atoms with Crippen LogP contribution in [-0.2, 0) is 18.9 Å². The van der Waals surface area contributed by atoms with Gasteiger partial charge in [0.05, 0.1) is 38.6 Å². The molecule has 0 amide bonds. The standard InChI is InChI=1S/C20H25NO7/c1-11(14-8-7-9-15(10-14)24-4)16-17(27-19(22)25-5)12(2)21-13(3)18(16)28-20(23)26-6/h7-11,16,21H,1-6H3. The third-order valence-electron chi connectivity index (χ3n) is 4.52. The van der Waals surface area contributed by atoms with Gasteiger partial charge in [0.1, 0.15) is 17.3 Å². The van der Waals surface area contributed by atoms with E-state index in [1.54, 1.807) is 21.0 Å². The second-order valence-corrected chi connectivity index (χ2v) is 6.26. The van der Waals surface area contributed by atoms with Crippen LogP contribution in [0.2, 0.25) is 0 Å². The van der Waals surface area contributed by atoms with Crippen LogP contribution >= 0.6 is 0 Å². The summed E-state index contributed by atoms with van der Waals surface area (Å²) in [4.78, 5) is 23.6. The van der Waals surface area contributed by atoms with E-state index in [0.717, 1.165) is 5.56 Å². The first-order chi connectivity index (χ1) is 13.3. The van der Waals surface area contributed by atoms with Gasteiger partial charge in [0.2, 0.25) is 0 Å². The molecule has 0 fully saturated rings. The van der Waals surface area contributed by atoms with Crippen molar-refractivity contribution in [2.45, 2.75) is 26.7 Å². The maximum atomic E-state index is 11.8. The van der Waals surface area contributed by atoms with Crippen molar-refractivity contribution in [3.05, 3.63) is 52.7 Å². The number of nitrogens with one attached hydrogen (secondary N) is 1. The van der Waals surface area contributed by atoms with Crippen molar-refractivity contribution >= 4 is 12.3 Å². The lowest BCUT2D eigenvalue weighted by Gasteiger charge is -2.33. The quantitative estimate of drug-likeness (QED) is 0.752. The Hall–Kier alpha value is -3.16. The second-order valence-electron chi connectivity index (χ2n) is 6.26. The van der Waals surface area contributed by atoms with Crippen LogP contribution in [0.5, 0.6) is 5.75 Å². The van der Waals surface area contributed by atoms with Crippen molar-refractivity contribution in [2.75, 3.05) is 21.3 Å². The van der Waals surface area contributed by atoms with Crippen LogP contribution in [0.3, 0.4) is 0 Å². The van der Waals surface area contributed by atoms with Crippen LogP contribution < -0.4 is 10.1 Å². The first kappa shape index (κ1) is 21.1. The molecule has 8 heteroatoms. The molecule has 2 rings (SSSR count). The Kier molecular flexibility index (Phi) is 6.92. The predicted octanol–water partition coefficient (Wildman–Crippen LogP) is 4.05. The smallest absolute Gasteiger partial charge is 0.497 e. The number of dihydropyridines is 1. The lowest BCUT2D eigenvalue weighted by molar-refractivity contribution is 0.0685. The topological polar surface area (TPSA) is 92.3 Å². The molecule has 0 saturated carbocycles. The van der Waals surface area contributed by atoms with Crippen LogP contribution in [0.4, 0.5) is 9.59 Å². The molecule has 0 bridgehead atoms. The summed E-state index contributed by atoms with van der Waals surface area (Å²) >= 11 is 0. The Morgan fingerprint density at radius 1 is 0.964 bits per heavy atom. The number of carbonyl (C=O) groups excluding carboxylic acids is 2. The molecule has 0 aromatic heterocycles. The molecular weight excluding hydrogens is 366 g/mol.